The number of allylic oxidation sites excluding steroid dienone is 2. The van der Waals surface area contributed by atoms with Crippen molar-refractivity contribution >= 4 is 40.3 Å². The van der Waals surface area contributed by atoms with Gasteiger partial charge in [-0.1, -0.05) is 54.6 Å². The maximum atomic E-state index is 5.62. The van der Waals surface area contributed by atoms with E-state index in [0.717, 1.165) is 51.3 Å². The number of nitrogens with zero attached hydrogens (tertiary/aromatic N) is 4. The molecule has 0 bridgehead atoms. The zero-order valence-electron chi connectivity index (χ0n) is 21.3. The maximum absolute atomic E-state index is 5.62. The second-order valence-corrected chi connectivity index (χ2v) is 9.58. The molecule has 1 saturated heterocycles. The Morgan fingerprint density at radius 2 is 1.54 bits per heavy atom. The molecule has 37 heavy (non-hydrogen) atoms. The standard InChI is InChI=1S/C32H32N4O/c1-2-36-30-11-7-6-10-28(30)29-21-25(12-15-31(29)36)22-33-34-23-27-14-13-26(20-24-8-4-3-5-9-24)32(27)35-16-18-37-19-17-35/h3-12,15,20-23H,2,13-14,16-19H2,1H3/b26-20-,33-22+,34-23+. The summed E-state index contributed by atoms with van der Waals surface area (Å²) in [6, 6.07) is 25.7. The molecule has 0 amide bonds. The van der Waals surface area contributed by atoms with E-state index >= 15 is 0 Å². The number of hydrogen-bond donors (Lipinski definition) is 0. The van der Waals surface area contributed by atoms with Crippen LogP contribution in [-0.4, -0.2) is 48.2 Å². The third-order valence-corrected chi connectivity index (χ3v) is 7.34. The van der Waals surface area contributed by atoms with E-state index in [9.17, 15) is 0 Å². The molecular weight excluding hydrogens is 456 g/mol. The molecular formula is C32H32N4O. The molecule has 6 rings (SSSR count). The van der Waals surface area contributed by atoms with Crippen molar-refractivity contribution in [2.45, 2.75) is 26.3 Å². The van der Waals surface area contributed by atoms with Gasteiger partial charge in [-0.05, 0) is 66.3 Å². The number of benzene rings is 3. The maximum Gasteiger partial charge on any atom is 0.0642 e. The summed E-state index contributed by atoms with van der Waals surface area (Å²) >= 11 is 0. The highest BCUT2D eigenvalue weighted by molar-refractivity contribution is 6.09. The zero-order valence-corrected chi connectivity index (χ0v) is 21.3. The molecule has 0 N–H and O–H groups in total. The molecule has 0 saturated carbocycles. The summed E-state index contributed by atoms with van der Waals surface area (Å²) in [5.41, 5.74) is 8.75. The van der Waals surface area contributed by atoms with Gasteiger partial charge in [-0.15, -0.1) is 0 Å². The van der Waals surface area contributed by atoms with E-state index in [1.807, 2.05) is 12.4 Å². The lowest BCUT2D eigenvalue weighted by Gasteiger charge is -2.31. The summed E-state index contributed by atoms with van der Waals surface area (Å²) in [5.74, 6) is 0. The predicted octanol–water partition coefficient (Wildman–Crippen LogP) is 6.68. The Hall–Kier alpha value is -3.96. The first kappa shape index (κ1) is 23.4. The number of fused-ring (bicyclic) bond motifs is 3. The number of morpholine rings is 1. The van der Waals surface area contributed by atoms with Gasteiger partial charge < -0.3 is 14.2 Å². The number of ether oxygens (including phenoxy) is 1. The Bertz CT molecular complexity index is 1540. The molecule has 0 unspecified atom stereocenters. The Morgan fingerprint density at radius 1 is 0.784 bits per heavy atom. The molecule has 1 aromatic heterocycles. The van der Waals surface area contributed by atoms with Crippen LogP contribution in [0.25, 0.3) is 27.9 Å². The van der Waals surface area contributed by atoms with Crippen molar-refractivity contribution in [2.75, 3.05) is 26.3 Å². The highest BCUT2D eigenvalue weighted by atomic mass is 16.5. The highest BCUT2D eigenvalue weighted by Crippen LogP contribution is 2.35. The number of para-hydroxylation sites is 1. The molecule has 0 atom stereocenters. The topological polar surface area (TPSA) is 42.1 Å². The van der Waals surface area contributed by atoms with Crippen LogP contribution < -0.4 is 0 Å². The van der Waals surface area contributed by atoms with Crippen molar-refractivity contribution in [3.8, 4) is 0 Å². The van der Waals surface area contributed by atoms with Crippen LogP contribution in [0.5, 0.6) is 0 Å². The average molecular weight is 489 g/mol. The predicted molar refractivity (Wildman–Crippen MR) is 154 cm³/mol. The van der Waals surface area contributed by atoms with Crippen molar-refractivity contribution in [1.29, 1.82) is 0 Å². The van der Waals surface area contributed by atoms with E-state index in [1.54, 1.807) is 0 Å². The van der Waals surface area contributed by atoms with Gasteiger partial charge in [0.25, 0.3) is 0 Å². The molecule has 3 aromatic carbocycles. The smallest absolute Gasteiger partial charge is 0.0642 e. The van der Waals surface area contributed by atoms with Gasteiger partial charge in [-0.3, -0.25) is 0 Å². The first-order valence-electron chi connectivity index (χ1n) is 13.2. The van der Waals surface area contributed by atoms with Crippen molar-refractivity contribution in [3.05, 3.63) is 101 Å². The van der Waals surface area contributed by atoms with Crippen molar-refractivity contribution in [3.63, 3.8) is 0 Å². The SMILES string of the molecule is CCn1c2ccccc2c2cc(/C=N/N=C/C3=C(N4CCOCC4)C(=C\c4ccccc4)/CC3)ccc21. The normalized spacial score (nSPS) is 18.0. The fourth-order valence-electron chi connectivity index (χ4n) is 5.62. The molecule has 0 spiro atoms. The summed E-state index contributed by atoms with van der Waals surface area (Å²) in [7, 11) is 0. The monoisotopic (exact) mass is 488 g/mol. The highest BCUT2D eigenvalue weighted by Gasteiger charge is 2.25. The lowest BCUT2D eigenvalue weighted by atomic mass is 10.1. The molecule has 1 fully saturated rings. The minimum Gasteiger partial charge on any atom is -0.378 e. The molecule has 1 aliphatic carbocycles. The molecule has 1 aliphatic heterocycles. The number of hydrogen-bond acceptors (Lipinski definition) is 4. The lowest BCUT2D eigenvalue weighted by molar-refractivity contribution is 0.0548. The van der Waals surface area contributed by atoms with Crippen molar-refractivity contribution in [1.82, 2.24) is 9.47 Å². The second kappa shape index (κ2) is 10.6. The Morgan fingerprint density at radius 3 is 2.38 bits per heavy atom. The number of aryl methyl sites for hydroxylation is 1. The van der Waals surface area contributed by atoms with Gasteiger partial charge in [-0.2, -0.15) is 10.2 Å². The molecule has 5 heteroatoms. The fraction of sp³-hybridized carbons (Fsp3) is 0.250. The van der Waals surface area contributed by atoms with E-state index in [0.29, 0.717) is 0 Å². The third kappa shape index (κ3) is 4.75. The summed E-state index contributed by atoms with van der Waals surface area (Å²) in [6.45, 7) is 6.49. The van der Waals surface area contributed by atoms with Crippen LogP contribution >= 0.6 is 0 Å². The van der Waals surface area contributed by atoms with Crippen LogP contribution in [0.1, 0.15) is 30.9 Å². The van der Waals surface area contributed by atoms with Gasteiger partial charge in [0.15, 0.2) is 0 Å². The lowest BCUT2D eigenvalue weighted by Crippen LogP contribution is -2.36. The first-order valence-corrected chi connectivity index (χ1v) is 13.2. The van der Waals surface area contributed by atoms with E-state index in [1.165, 1.54) is 44.2 Å². The molecule has 0 radical (unpaired) electrons. The summed E-state index contributed by atoms with van der Waals surface area (Å²) in [6.07, 6.45) is 8.13. The van der Waals surface area contributed by atoms with E-state index in [-0.39, 0.29) is 0 Å². The van der Waals surface area contributed by atoms with Crippen molar-refractivity contribution in [2.24, 2.45) is 10.2 Å². The van der Waals surface area contributed by atoms with Crippen LogP contribution in [0.15, 0.2) is 99.8 Å². The quantitative estimate of drug-likeness (QED) is 0.224. The molecule has 2 aliphatic rings. The Kier molecular flexibility index (Phi) is 6.70. The van der Waals surface area contributed by atoms with Gasteiger partial charge in [0.05, 0.1) is 25.6 Å². The Labute approximate surface area is 218 Å². The number of aromatic nitrogens is 1. The minimum atomic E-state index is 0.765. The van der Waals surface area contributed by atoms with Crippen molar-refractivity contribution < 1.29 is 4.74 Å². The summed E-state index contributed by atoms with van der Waals surface area (Å²) < 4.78 is 7.98. The zero-order chi connectivity index (χ0) is 25.0. The van der Waals surface area contributed by atoms with Gasteiger partial charge >= 0.3 is 0 Å². The van der Waals surface area contributed by atoms with Gasteiger partial charge in [0.1, 0.15) is 0 Å². The Balaban J connectivity index is 1.28. The average Bonchev–Trinajstić information content (AvgIpc) is 3.50. The van der Waals surface area contributed by atoms with Crippen LogP contribution in [0.2, 0.25) is 0 Å². The molecule has 2 heterocycles. The summed E-state index contributed by atoms with van der Waals surface area (Å²) in [5, 5.41) is 11.5. The largest absolute Gasteiger partial charge is 0.378 e. The van der Waals surface area contributed by atoms with E-state index in [2.05, 4.69) is 105 Å². The number of rotatable bonds is 6. The van der Waals surface area contributed by atoms with Crippen LogP contribution in [0, 0.1) is 0 Å². The molecule has 4 aromatic rings. The van der Waals surface area contributed by atoms with Gasteiger partial charge in [-0.25, -0.2) is 0 Å². The van der Waals surface area contributed by atoms with Crippen LogP contribution in [0.3, 0.4) is 0 Å². The van der Waals surface area contributed by atoms with E-state index < -0.39 is 0 Å². The van der Waals surface area contributed by atoms with Gasteiger partial charge in [0.2, 0.25) is 0 Å². The summed E-state index contributed by atoms with van der Waals surface area (Å²) in [4.78, 5) is 2.45. The van der Waals surface area contributed by atoms with Gasteiger partial charge in [0, 0.05) is 47.1 Å². The minimum absolute atomic E-state index is 0.765. The van der Waals surface area contributed by atoms with Crippen LogP contribution in [-0.2, 0) is 11.3 Å². The first-order chi connectivity index (χ1) is 18.3. The van der Waals surface area contributed by atoms with Crippen LogP contribution in [0.4, 0.5) is 0 Å². The fourth-order valence-corrected chi connectivity index (χ4v) is 5.62. The van der Waals surface area contributed by atoms with E-state index in [4.69, 9.17) is 4.74 Å². The third-order valence-electron chi connectivity index (χ3n) is 7.34. The second-order valence-electron chi connectivity index (χ2n) is 9.58. The molecule has 186 valence electrons. The molecule has 5 nitrogen and oxygen atoms in total.